The van der Waals surface area contributed by atoms with Gasteiger partial charge in [0.05, 0.1) is 11.6 Å². The fourth-order valence-corrected chi connectivity index (χ4v) is 4.24. The molecule has 1 saturated heterocycles. The zero-order valence-corrected chi connectivity index (χ0v) is 19.2. The first-order chi connectivity index (χ1) is 17.1. The molecular weight excluding hydrogens is 441 g/mol. The topological polar surface area (TPSA) is 70.2 Å². The van der Waals surface area contributed by atoms with E-state index < -0.39 is 0 Å². The summed E-state index contributed by atoms with van der Waals surface area (Å²) in [6, 6.07) is 27.6. The largest absolute Gasteiger partial charge is 0.356 e. The van der Waals surface area contributed by atoms with Gasteiger partial charge in [-0.1, -0.05) is 18.2 Å². The highest BCUT2D eigenvalue weighted by Crippen LogP contribution is 2.25. The summed E-state index contributed by atoms with van der Waals surface area (Å²) in [6.07, 6.45) is 1.73. The lowest BCUT2D eigenvalue weighted by Crippen LogP contribution is -2.41. The number of amides is 1. The first-order valence-electron chi connectivity index (χ1n) is 11.7. The van der Waals surface area contributed by atoms with Gasteiger partial charge in [-0.3, -0.25) is 4.79 Å². The molecule has 35 heavy (non-hydrogen) atoms. The molecule has 0 radical (unpaired) electrons. The van der Waals surface area contributed by atoms with E-state index in [0.29, 0.717) is 12.2 Å². The summed E-state index contributed by atoms with van der Waals surface area (Å²) in [5.41, 5.74) is 4.24. The second-order valence-corrected chi connectivity index (χ2v) is 8.63. The lowest BCUT2D eigenvalue weighted by molar-refractivity contribution is -0.120. The number of rotatable bonds is 6. The number of aromatic nitrogens is 2. The Bertz CT molecular complexity index is 1260. The molecule has 4 aromatic rings. The fraction of sp³-hybridized carbons (Fsp3) is 0.179. The Balaban J connectivity index is 1.18. The average molecular weight is 468 g/mol. The second-order valence-electron chi connectivity index (χ2n) is 8.63. The summed E-state index contributed by atoms with van der Waals surface area (Å²) in [6.45, 7) is 1.41. The maximum atomic E-state index is 13.2. The quantitative estimate of drug-likeness (QED) is 0.371. The zero-order chi connectivity index (χ0) is 24.0. The standard InChI is InChI=1S/C28H26FN5O/c29-22-10-8-20(9-11-22)26-16-17-27(33-32-26)34-18-4-5-21(19-34)28(35)31-25-14-12-24(13-15-25)30-23-6-2-1-3-7-23/h1-3,6-17,21,30H,4-5,18-19H2,(H,31,35). The van der Waals surface area contributed by atoms with Gasteiger partial charge in [-0.2, -0.15) is 0 Å². The smallest absolute Gasteiger partial charge is 0.229 e. The highest BCUT2D eigenvalue weighted by atomic mass is 19.1. The molecule has 7 heteroatoms. The van der Waals surface area contributed by atoms with Gasteiger partial charge in [0.1, 0.15) is 5.82 Å². The van der Waals surface area contributed by atoms with Crippen molar-refractivity contribution in [3.05, 3.63) is 96.8 Å². The summed E-state index contributed by atoms with van der Waals surface area (Å²) >= 11 is 0. The van der Waals surface area contributed by atoms with Crippen molar-refractivity contribution in [2.75, 3.05) is 28.6 Å². The third kappa shape index (κ3) is 5.63. The van der Waals surface area contributed by atoms with Gasteiger partial charge in [0.25, 0.3) is 0 Å². The average Bonchev–Trinajstić information content (AvgIpc) is 2.91. The van der Waals surface area contributed by atoms with Gasteiger partial charge in [0, 0.05) is 35.7 Å². The van der Waals surface area contributed by atoms with Crippen molar-refractivity contribution in [3.63, 3.8) is 0 Å². The van der Waals surface area contributed by atoms with Crippen LogP contribution >= 0.6 is 0 Å². The minimum atomic E-state index is -0.282. The second kappa shape index (κ2) is 10.3. The predicted octanol–water partition coefficient (Wildman–Crippen LogP) is 5.88. The molecule has 1 aliphatic heterocycles. The molecule has 6 nitrogen and oxygen atoms in total. The van der Waals surface area contributed by atoms with E-state index in [1.807, 2.05) is 66.7 Å². The van der Waals surface area contributed by atoms with Crippen LogP contribution in [0, 0.1) is 11.7 Å². The van der Waals surface area contributed by atoms with Crippen LogP contribution in [-0.2, 0) is 4.79 Å². The van der Waals surface area contributed by atoms with Gasteiger partial charge in [0.15, 0.2) is 5.82 Å². The summed E-state index contributed by atoms with van der Waals surface area (Å²) < 4.78 is 13.2. The molecule has 0 aliphatic carbocycles. The molecule has 1 unspecified atom stereocenters. The summed E-state index contributed by atoms with van der Waals surface area (Å²) in [7, 11) is 0. The summed E-state index contributed by atoms with van der Waals surface area (Å²) in [5.74, 6) is 0.333. The van der Waals surface area contributed by atoms with Gasteiger partial charge < -0.3 is 15.5 Å². The number of nitrogens with zero attached hydrogens (tertiary/aromatic N) is 3. The molecule has 3 aromatic carbocycles. The predicted molar refractivity (Wildman–Crippen MR) is 137 cm³/mol. The highest BCUT2D eigenvalue weighted by Gasteiger charge is 2.27. The first kappa shape index (κ1) is 22.5. The third-order valence-corrected chi connectivity index (χ3v) is 6.12. The van der Waals surface area contributed by atoms with Crippen molar-refractivity contribution in [1.82, 2.24) is 10.2 Å². The molecule has 1 amide bonds. The highest BCUT2D eigenvalue weighted by molar-refractivity contribution is 5.93. The van der Waals surface area contributed by atoms with E-state index in [2.05, 4.69) is 25.7 Å². The van der Waals surface area contributed by atoms with Crippen LogP contribution in [0.2, 0.25) is 0 Å². The number of carbonyl (C=O) groups excluding carboxylic acids is 1. The van der Waals surface area contributed by atoms with Gasteiger partial charge in [-0.05, 0) is 85.6 Å². The van der Waals surface area contributed by atoms with Crippen LogP contribution in [0.1, 0.15) is 12.8 Å². The Labute approximate surface area is 203 Å². The van der Waals surface area contributed by atoms with Crippen LogP contribution in [0.5, 0.6) is 0 Å². The van der Waals surface area contributed by atoms with E-state index in [4.69, 9.17) is 0 Å². The molecule has 1 atom stereocenters. The molecule has 1 fully saturated rings. The third-order valence-electron chi connectivity index (χ3n) is 6.12. The van der Waals surface area contributed by atoms with Gasteiger partial charge >= 0.3 is 0 Å². The van der Waals surface area contributed by atoms with Gasteiger partial charge in [0.2, 0.25) is 5.91 Å². The zero-order valence-electron chi connectivity index (χ0n) is 19.2. The number of para-hydroxylation sites is 1. The molecule has 0 spiro atoms. The number of benzene rings is 3. The van der Waals surface area contributed by atoms with Crippen LogP contribution < -0.4 is 15.5 Å². The number of nitrogens with one attached hydrogen (secondary N) is 2. The first-order valence-corrected chi connectivity index (χ1v) is 11.7. The minimum absolute atomic E-state index is 0.00867. The number of anilines is 4. The molecule has 1 aromatic heterocycles. The summed E-state index contributed by atoms with van der Waals surface area (Å²) in [4.78, 5) is 15.1. The van der Waals surface area contributed by atoms with Crippen molar-refractivity contribution in [2.24, 2.45) is 5.92 Å². The van der Waals surface area contributed by atoms with E-state index in [1.54, 1.807) is 12.1 Å². The number of piperidine rings is 1. The van der Waals surface area contributed by atoms with Crippen molar-refractivity contribution in [1.29, 1.82) is 0 Å². The Kier molecular flexibility index (Phi) is 6.66. The van der Waals surface area contributed by atoms with Crippen LogP contribution in [-0.4, -0.2) is 29.2 Å². The Morgan fingerprint density at radius 3 is 2.26 bits per heavy atom. The normalized spacial score (nSPS) is 15.5. The molecule has 0 bridgehead atoms. The molecule has 5 rings (SSSR count). The van der Waals surface area contributed by atoms with Gasteiger partial charge in [-0.25, -0.2) is 4.39 Å². The maximum Gasteiger partial charge on any atom is 0.229 e. The van der Waals surface area contributed by atoms with Crippen LogP contribution in [0.4, 0.5) is 27.3 Å². The molecule has 176 valence electrons. The lowest BCUT2D eigenvalue weighted by Gasteiger charge is -2.32. The van der Waals surface area contributed by atoms with Crippen molar-refractivity contribution in [2.45, 2.75) is 12.8 Å². The van der Waals surface area contributed by atoms with Crippen molar-refractivity contribution in [3.8, 4) is 11.3 Å². The van der Waals surface area contributed by atoms with E-state index in [9.17, 15) is 9.18 Å². The number of hydrogen-bond donors (Lipinski definition) is 2. The SMILES string of the molecule is O=C(Nc1ccc(Nc2ccccc2)cc1)C1CCCN(c2ccc(-c3ccc(F)cc3)nn2)C1. The number of carbonyl (C=O) groups is 1. The van der Waals surface area contributed by atoms with E-state index in [-0.39, 0.29) is 17.6 Å². The molecule has 2 heterocycles. The Morgan fingerprint density at radius 2 is 1.54 bits per heavy atom. The Hall–Kier alpha value is -4.26. The van der Waals surface area contributed by atoms with E-state index in [1.165, 1.54) is 12.1 Å². The van der Waals surface area contributed by atoms with Crippen LogP contribution in [0.3, 0.4) is 0 Å². The van der Waals surface area contributed by atoms with E-state index >= 15 is 0 Å². The molecule has 2 N–H and O–H groups in total. The fourth-order valence-electron chi connectivity index (χ4n) is 4.24. The van der Waals surface area contributed by atoms with E-state index in [0.717, 1.165) is 47.8 Å². The van der Waals surface area contributed by atoms with Crippen molar-refractivity contribution >= 4 is 28.8 Å². The van der Waals surface area contributed by atoms with Gasteiger partial charge in [-0.15, -0.1) is 10.2 Å². The van der Waals surface area contributed by atoms with Crippen LogP contribution in [0.25, 0.3) is 11.3 Å². The molecule has 0 saturated carbocycles. The number of hydrogen-bond acceptors (Lipinski definition) is 5. The monoisotopic (exact) mass is 467 g/mol. The Morgan fingerprint density at radius 1 is 0.829 bits per heavy atom. The minimum Gasteiger partial charge on any atom is -0.356 e. The van der Waals surface area contributed by atoms with Crippen molar-refractivity contribution < 1.29 is 9.18 Å². The number of halogens is 1. The lowest BCUT2D eigenvalue weighted by atomic mass is 9.97. The molecule has 1 aliphatic rings. The maximum absolute atomic E-state index is 13.2. The van der Waals surface area contributed by atoms with Crippen LogP contribution in [0.15, 0.2) is 91.0 Å². The summed E-state index contributed by atoms with van der Waals surface area (Å²) in [5, 5.41) is 15.1. The molecular formula is C28H26FN5O.